The number of amides is 1. The number of rotatable bonds is 7. The van der Waals surface area contributed by atoms with Gasteiger partial charge in [-0.25, -0.2) is 4.79 Å². The highest BCUT2D eigenvalue weighted by molar-refractivity contribution is 6.30. The minimum Gasteiger partial charge on any atom is -0.489 e. The van der Waals surface area contributed by atoms with Gasteiger partial charge in [-0.2, -0.15) is 5.26 Å². The second-order valence-corrected chi connectivity index (χ2v) is 7.41. The third-order valence-electron chi connectivity index (χ3n) is 3.46. The highest BCUT2D eigenvalue weighted by atomic mass is 35.5. The maximum absolute atomic E-state index is 12.0. The van der Waals surface area contributed by atoms with Gasteiger partial charge in [0.05, 0.1) is 5.56 Å². The Morgan fingerprint density at radius 2 is 2.04 bits per heavy atom. The molecule has 0 spiro atoms. The van der Waals surface area contributed by atoms with Gasteiger partial charge in [-0.3, -0.25) is 0 Å². The predicted molar refractivity (Wildman–Crippen MR) is 99.0 cm³/mol. The molecule has 0 aliphatic carbocycles. The van der Waals surface area contributed by atoms with Crippen molar-refractivity contribution in [2.75, 3.05) is 13.6 Å². The van der Waals surface area contributed by atoms with Crippen LogP contribution < -0.4 is 4.74 Å². The van der Waals surface area contributed by atoms with Crippen molar-refractivity contribution in [3.05, 3.63) is 28.8 Å². The lowest BCUT2D eigenvalue weighted by Gasteiger charge is -2.26. The number of carbonyl (C=O) groups is 1. The molecule has 25 heavy (non-hydrogen) atoms. The summed E-state index contributed by atoms with van der Waals surface area (Å²) in [6.45, 7) is 8.08. The van der Waals surface area contributed by atoms with Crippen LogP contribution in [0.1, 0.15) is 52.5 Å². The summed E-state index contributed by atoms with van der Waals surface area (Å²) >= 11 is 6.01. The largest absolute Gasteiger partial charge is 0.489 e. The van der Waals surface area contributed by atoms with Crippen molar-refractivity contribution in [2.24, 2.45) is 0 Å². The van der Waals surface area contributed by atoms with Gasteiger partial charge in [-0.15, -0.1) is 0 Å². The summed E-state index contributed by atoms with van der Waals surface area (Å²) in [4.78, 5) is 13.6. The number of carbonyl (C=O) groups excluding carboxylic acids is 1. The van der Waals surface area contributed by atoms with E-state index in [0.29, 0.717) is 29.3 Å². The second-order valence-electron chi connectivity index (χ2n) is 6.97. The zero-order valence-corrected chi connectivity index (χ0v) is 16.4. The third-order valence-corrected chi connectivity index (χ3v) is 3.70. The number of nitrogens with zero attached hydrogens (tertiary/aromatic N) is 2. The van der Waals surface area contributed by atoms with E-state index in [-0.39, 0.29) is 12.2 Å². The average molecular weight is 367 g/mol. The second kappa shape index (κ2) is 9.53. The van der Waals surface area contributed by atoms with E-state index >= 15 is 0 Å². The molecule has 1 amide bonds. The summed E-state index contributed by atoms with van der Waals surface area (Å²) < 4.78 is 11.4. The number of halogens is 1. The van der Waals surface area contributed by atoms with Gasteiger partial charge in [0, 0.05) is 31.1 Å². The molecule has 1 rings (SSSR count). The van der Waals surface area contributed by atoms with E-state index in [1.807, 2.05) is 20.8 Å². The first kappa shape index (κ1) is 21.1. The van der Waals surface area contributed by atoms with Gasteiger partial charge < -0.3 is 14.4 Å². The Morgan fingerprint density at radius 3 is 2.60 bits per heavy atom. The summed E-state index contributed by atoms with van der Waals surface area (Å²) in [6.07, 6.45) is 1.92. The fourth-order valence-electron chi connectivity index (χ4n) is 2.22. The van der Waals surface area contributed by atoms with Crippen LogP contribution in [0, 0.1) is 11.3 Å². The van der Waals surface area contributed by atoms with Crippen LogP contribution in [-0.4, -0.2) is 36.3 Å². The van der Waals surface area contributed by atoms with E-state index in [1.165, 1.54) is 0 Å². The quantitative estimate of drug-likeness (QED) is 0.679. The van der Waals surface area contributed by atoms with Crippen molar-refractivity contribution < 1.29 is 14.3 Å². The predicted octanol–water partition coefficient (Wildman–Crippen LogP) is 5.02. The molecule has 0 heterocycles. The molecule has 0 fully saturated rings. The Labute approximate surface area is 155 Å². The van der Waals surface area contributed by atoms with Crippen molar-refractivity contribution in [2.45, 2.75) is 58.7 Å². The van der Waals surface area contributed by atoms with Crippen LogP contribution in [0.4, 0.5) is 4.79 Å². The van der Waals surface area contributed by atoms with Crippen molar-refractivity contribution in [3.8, 4) is 11.8 Å². The van der Waals surface area contributed by atoms with Gasteiger partial charge in [-0.1, -0.05) is 24.9 Å². The molecule has 1 atom stereocenters. The van der Waals surface area contributed by atoms with Crippen LogP contribution in [0.25, 0.3) is 0 Å². The van der Waals surface area contributed by atoms with Gasteiger partial charge in [0.1, 0.15) is 23.5 Å². The lowest BCUT2D eigenvalue weighted by atomic mass is 10.1. The van der Waals surface area contributed by atoms with Gasteiger partial charge in [0.15, 0.2) is 0 Å². The Balaban J connectivity index is 2.71. The molecular formula is C19H27ClN2O3. The van der Waals surface area contributed by atoms with Crippen LogP contribution >= 0.6 is 11.6 Å². The minimum atomic E-state index is -0.521. The smallest absolute Gasteiger partial charge is 0.410 e. The first-order valence-electron chi connectivity index (χ1n) is 8.46. The van der Waals surface area contributed by atoms with E-state index in [0.717, 1.165) is 12.8 Å². The summed E-state index contributed by atoms with van der Waals surface area (Å²) in [5, 5.41) is 9.73. The summed E-state index contributed by atoms with van der Waals surface area (Å²) in [6, 6.07) is 7.08. The van der Waals surface area contributed by atoms with Crippen LogP contribution in [0.15, 0.2) is 18.2 Å². The number of ether oxygens (including phenoxy) is 2. The Bertz CT molecular complexity index is 620. The van der Waals surface area contributed by atoms with Crippen molar-refractivity contribution in [3.63, 3.8) is 0 Å². The first-order valence-corrected chi connectivity index (χ1v) is 8.84. The fraction of sp³-hybridized carbons (Fsp3) is 0.579. The van der Waals surface area contributed by atoms with E-state index in [1.54, 1.807) is 30.1 Å². The van der Waals surface area contributed by atoms with Gasteiger partial charge in [-0.05, 0) is 39.3 Å². The van der Waals surface area contributed by atoms with Crippen LogP contribution in [-0.2, 0) is 4.74 Å². The molecule has 138 valence electrons. The summed E-state index contributed by atoms with van der Waals surface area (Å²) in [5.41, 5.74) is -0.0707. The molecule has 0 aliphatic heterocycles. The number of hydrogen-bond donors (Lipinski definition) is 0. The molecular weight excluding hydrogens is 340 g/mol. The molecule has 1 unspecified atom stereocenters. The van der Waals surface area contributed by atoms with Gasteiger partial charge in [0.2, 0.25) is 0 Å². The van der Waals surface area contributed by atoms with E-state index in [2.05, 4.69) is 13.0 Å². The fourth-order valence-corrected chi connectivity index (χ4v) is 2.38. The molecule has 0 aromatic heterocycles. The Kier molecular flexibility index (Phi) is 8.05. The molecule has 0 bridgehead atoms. The Hall–Kier alpha value is -1.93. The van der Waals surface area contributed by atoms with Gasteiger partial charge in [0.25, 0.3) is 0 Å². The normalized spacial score (nSPS) is 12.2. The molecule has 1 aromatic carbocycles. The van der Waals surface area contributed by atoms with E-state index < -0.39 is 5.60 Å². The van der Waals surface area contributed by atoms with Crippen LogP contribution in [0.3, 0.4) is 0 Å². The number of nitriles is 1. The molecule has 5 nitrogen and oxygen atoms in total. The lowest BCUT2D eigenvalue weighted by Crippen LogP contribution is -2.36. The summed E-state index contributed by atoms with van der Waals surface area (Å²) in [5.74, 6) is 0.480. The number of benzene rings is 1. The highest BCUT2D eigenvalue weighted by Gasteiger charge is 2.21. The molecule has 1 aromatic rings. The first-order chi connectivity index (χ1) is 11.7. The summed E-state index contributed by atoms with van der Waals surface area (Å²) in [7, 11) is 1.71. The van der Waals surface area contributed by atoms with Crippen LogP contribution in [0.5, 0.6) is 5.75 Å². The molecule has 0 radical (unpaired) electrons. The lowest BCUT2D eigenvalue weighted by molar-refractivity contribution is 0.0277. The topological polar surface area (TPSA) is 62.6 Å². The minimum absolute atomic E-state index is 0.111. The molecule has 0 saturated carbocycles. The average Bonchev–Trinajstić information content (AvgIpc) is 2.51. The standard InChI is InChI=1S/C19H27ClN2O3/c1-6-7-16(10-11-22(5)18(23)25-19(2,3)4)24-17-12-15(20)9-8-14(17)13-21/h8-9,12,16H,6-7,10-11H2,1-5H3. The van der Waals surface area contributed by atoms with E-state index in [4.69, 9.17) is 21.1 Å². The Morgan fingerprint density at radius 1 is 1.36 bits per heavy atom. The van der Waals surface area contributed by atoms with Gasteiger partial charge >= 0.3 is 6.09 Å². The van der Waals surface area contributed by atoms with E-state index in [9.17, 15) is 10.1 Å². The zero-order chi connectivity index (χ0) is 19.0. The molecule has 0 saturated heterocycles. The maximum Gasteiger partial charge on any atom is 0.410 e. The molecule has 0 aliphatic rings. The van der Waals surface area contributed by atoms with Crippen molar-refractivity contribution >= 4 is 17.7 Å². The van der Waals surface area contributed by atoms with Crippen molar-refractivity contribution in [1.82, 2.24) is 4.90 Å². The van der Waals surface area contributed by atoms with Crippen LogP contribution in [0.2, 0.25) is 5.02 Å². The SMILES string of the molecule is CCCC(CCN(C)C(=O)OC(C)(C)C)Oc1cc(Cl)ccc1C#N. The van der Waals surface area contributed by atoms with Crippen molar-refractivity contribution in [1.29, 1.82) is 5.26 Å². The molecule has 6 heteroatoms. The number of hydrogen-bond acceptors (Lipinski definition) is 4. The molecule has 0 N–H and O–H groups in total. The zero-order valence-electron chi connectivity index (χ0n) is 15.6. The maximum atomic E-state index is 12.0. The highest BCUT2D eigenvalue weighted by Crippen LogP contribution is 2.25. The monoisotopic (exact) mass is 366 g/mol. The third kappa shape index (κ3) is 7.66.